The van der Waals surface area contributed by atoms with Crippen LogP contribution >= 0.6 is 0 Å². The Morgan fingerprint density at radius 2 is 1.88 bits per heavy atom. The number of nitrogens with two attached hydrogens (primary N) is 1. The zero-order chi connectivity index (χ0) is 30.1. The minimum atomic E-state index is -4.56. The molecule has 1 aromatic carbocycles. The third-order valence-electron chi connectivity index (χ3n) is 7.66. The van der Waals surface area contributed by atoms with Gasteiger partial charge in [0.15, 0.2) is 0 Å². The minimum absolute atomic E-state index is 0.0108. The number of alkyl halides is 3. The number of hydrogen-bond donors (Lipinski definition) is 3. The molecule has 2 saturated heterocycles. The van der Waals surface area contributed by atoms with Gasteiger partial charge < -0.3 is 26.0 Å². The van der Waals surface area contributed by atoms with Gasteiger partial charge in [0.1, 0.15) is 22.8 Å². The number of ether oxygens (including phenoxy) is 1. The van der Waals surface area contributed by atoms with E-state index in [1.165, 1.54) is 0 Å². The van der Waals surface area contributed by atoms with Crippen LogP contribution in [0.25, 0.3) is 16.8 Å². The molecule has 2 amide bonds. The van der Waals surface area contributed by atoms with E-state index in [4.69, 9.17) is 15.5 Å². The van der Waals surface area contributed by atoms with Crippen LogP contribution in [0.15, 0.2) is 55.0 Å². The number of carbonyl (C=O) groups is 2. The largest absolute Gasteiger partial charge is 0.416 e. The van der Waals surface area contributed by atoms with Crippen LogP contribution in [0.1, 0.15) is 35.2 Å². The molecule has 4 N–H and O–H groups in total. The van der Waals surface area contributed by atoms with Crippen molar-refractivity contribution in [3.05, 3.63) is 66.1 Å². The van der Waals surface area contributed by atoms with Crippen LogP contribution in [-0.4, -0.2) is 63.5 Å². The van der Waals surface area contributed by atoms with Gasteiger partial charge >= 0.3 is 6.18 Å². The maximum Gasteiger partial charge on any atom is 0.416 e. The SMILES string of the molecule is Nc1nccn2c(N3CCCC(C(=O)N[C@H]4CCOC4)C3)nc(-c3ccc(C(=O)Nc4cc(C(F)(F)F)ccn4)cc3)c12. The third-order valence-corrected chi connectivity index (χ3v) is 7.66. The molecule has 224 valence electrons. The molecule has 6 rings (SSSR count). The molecular formula is C29H29F3N8O3. The molecule has 2 aliphatic heterocycles. The van der Waals surface area contributed by atoms with E-state index in [1.54, 1.807) is 36.7 Å². The van der Waals surface area contributed by atoms with Gasteiger partial charge in [0.05, 0.1) is 24.1 Å². The summed E-state index contributed by atoms with van der Waals surface area (Å²) in [6.45, 7) is 2.38. The maximum atomic E-state index is 13.0. The van der Waals surface area contributed by atoms with E-state index < -0.39 is 17.6 Å². The zero-order valence-electron chi connectivity index (χ0n) is 23.0. The van der Waals surface area contributed by atoms with Crippen LogP contribution in [0.3, 0.4) is 0 Å². The Labute approximate surface area is 244 Å². The highest BCUT2D eigenvalue weighted by Crippen LogP contribution is 2.34. The van der Waals surface area contributed by atoms with E-state index in [9.17, 15) is 22.8 Å². The van der Waals surface area contributed by atoms with Gasteiger partial charge in [0.25, 0.3) is 5.91 Å². The number of nitrogens with zero attached hydrogens (tertiary/aromatic N) is 5. The van der Waals surface area contributed by atoms with Crippen molar-refractivity contribution in [3.63, 3.8) is 0 Å². The number of rotatable bonds is 6. The van der Waals surface area contributed by atoms with Gasteiger partial charge in [-0.1, -0.05) is 12.1 Å². The van der Waals surface area contributed by atoms with Crippen molar-refractivity contribution in [2.45, 2.75) is 31.5 Å². The Morgan fingerprint density at radius 1 is 1.07 bits per heavy atom. The molecule has 0 radical (unpaired) electrons. The van der Waals surface area contributed by atoms with Crippen LogP contribution in [0.2, 0.25) is 0 Å². The summed E-state index contributed by atoms with van der Waals surface area (Å²) in [5.74, 6) is -0.126. The predicted octanol–water partition coefficient (Wildman–Crippen LogP) is 3.77. The summed E-state index contributed by atoms with van der Waals surface area (Å²) in [5.41, 5.74) is 7.38. The topological polar surface area (TPSA) is 140 Å². The first-order valence-electron chi connectivity index (χ1n) is 13.9. The van der Waals surface area contributed by atoms with Gasteiger partial charge in [0.2, 0.25) is 11.9 Å². The van der Waals surface area contributed by atoms with Crippen molar-refractivity contribution < 1.29 is 27.5 Å². The number of aromatic nitrogens is 4. The summed E-state index contributed by atoms with van der Waals surface area (Å²) in [5, 5.41) is 5.51. The molecule has 2 aliphatic rings. The third kappa shape index (κ3) is 5.95. The van der Waals surface area contributed by atoms with Gasteiger partial charge in [-0.25, -0.2) is 15.0 Å². The van der Waals surface area contributed by atoms with E-state index in [2.05, 4.69) is 25.5 Å². The Hall–Kier alpha value is -4.72. The molecule has 2 fully saturated rings. The number of nitrogens with one attached hydrogen (secondary N) is 2. The first kappa shape index (κ1) is 28.4. The number of nitrogen functional groups attached to an aromatic ring is 1. The summed E-state index contributed by atoms with van der Waals surface area (Å²) >= 11 is 0. The smallest absolute Gasteiger partial charge is 0.382 e. The fraction of sp³-hybridized carbons (Fsp3) is 0.345. The van der Waals surface area contributed by atoms with Crippen LogP contribution in [-0.2, 0) is 15.7 Å². The van der Waals surface area contributed by atoms with E-state index in [0.29, 0.717) is 49.0 Å². The molecule has 2 atom stereocenters. The number of piperidine rings is 1. The molecule has 0 bridgehead atoms. The van der Waals surface area contributed by atoms with Gasteiger partial charge in [-0.2, -0.15) is 13.2 Å². The van der Waals surface area contributed by atoms with E-state index in [-0.39, 0.29) is 35.1 Å². The zero-order valence-corrected chi connectivity index (χ0v) is 23.0. The fourth-order valence-corrected chi connectivity index (χ4v) is 5.46. The molecule has 0 aliphatic carbocycles. The number of anilines is 3. The number of carbonyl (C=O) groups excluding carboxylic acids is 2. The number of fused-ring (bicyclic) bond motifs is 1. The Morgan fingerprint density at radius 3 is 2.63 bits per heavy atom. The molecule has 0 saturated carbocycles. The Balaban J connectivity index is 1.23. The molecule has 11 nitrogen and oxygen atoms in total. The number of benzene rings is 1. The highest BCUT2D eigenvalue weighted by Gasteiger charge is 2.32. The maximum absolute atomic E-state index is 13.0. The molecule has 3 aromatic heterocycles. The van der Waals surface area contributed by atoms with Crippen LogP contribution in [0.4, 0.5) is 30.8 Å². The molecular weight excluding hydrogens is 565 g/mol. The van der Waals surface area contributed by atoms with Crippen molar-refractivity contribution in [1.82, 2.24) is 24.7 Å². The van der Waals surface area contributed by atoms with E-state index in [1.807, 2.05) is 4.40 Å². The second-order valence-corrected chi connectivity index (χ2v) is 10.6. The summed E-state index contributed by atoms with van der Waals surface area (Å²) in [6, 6.07) is 8.11. The van der Waals surface area contributed by atoms with Crippen molar-refractivity contribution in [3.8, 4) is 11.3 Å². The predicted molar refractivity (Wildman–Crippen MR) is 152 cm³/mol. The van der Waals surface area contributed by atoms with Crippen LogP contribution in [0, 0.1) is 5.92 Å². The number of hydrogen-bond acceptors (Lipinski definition) is 8. The average Bonchev–Trinajstić information content (AvgIpc) is 3.66. The van der Waals surface area contributed by atoms with Gasteiger partial charge in [0, 0.05) is 49.4 Å². The lowest BCUT2D eigenvalue weighted by molar-refractivity contribution is -0.137. The lowest BCUT2D eigenvalue weighted by atomic mass is 9.97. The normalized spacial score (nSPS) is 19.0. The molecule has 1 unspecified atom stereocenters. The number of amides is 2. The van der Waals surface area contributed by atoms with Crippen LogP contribution < -0.4 is 21.3 Å². The summed E-state index contributed by atoms with van der Waals surface area (Å²) in [6.07, 6.45) is 2.18. The molecule has 43 heavy (non-hydrogen) atoms. The Bertz CT molecular complexity index is 1650. The summed E-state index contributed by atoms with van der Waals surface area (Å²) in [7, 11) is 0. The van der Waals surface area contributed by atoms with Crippen molar-refractivity contribution in [2.24, 2.45) is 5.92 Å². The first-order valence-corrected chi connectivity index (χ1v) is 13.9. The number of imidazole rings is 1. The van der Waals surface area contributed by atoms with Crippen molar-refractivity contribution in [1.29, 1.82) is 0 Å². The van der Waals surface area contributed by atoms with Crippen molar-refractivity contribution >= 4 is 34.9 Å². The van der Waals surface area contributed by atoms with E-state index >= 15 is 0 Å². The lowest BCUT2D eigenvalue weighted by Crippen LogP contribution is -2.46. The van der Waals surface area contributed by atoms with Crippen molar-refractivity contribution in [2.75, 3.05) is 42.3 Å². The lowest BCUT2D eigenvalue weighted by Gasteiger charge is -2.32. The Kier molecular flexibility index (Phi) is 7.61. The highest BCUT2D eigenvalue weighted by atomic mass is 19.4. The molecule has 14 heteroatoms. The second kappa shape index (κ2) is 11.5. The molecule has 5 heterocycles. The molecule has 4 aromatic rings. The minimum Gasteiger partial charge on any atom is -0.382 e. The summed E-state index contributed by atoms with van der Waals surface area (Å²) < 4.78 is 46.3. The van der Waals surface area contributed by atoms with Gasteiger partial charge in [-0.3, -0.25) is 14.0 Å². The fourth-order valence-electron chi connectivity index (χ4n) is 5.46. The monoisotopic (exact) mass is 594 g/mol. The van der Waals surface area contributed by atoms with Gasteiger partial charge in [-0.15, -0.1) is 0 Å². The quantitative estimate of drug-likeness (QED) is 0.307. The summed E-state index contributed by atoms with van der Waals surface area (Å²) in [4.78, 5) is 40.8. The number of pyridine rings is 1. The van der Waals surface area contributed by atoms with E-state index in [0.717, 1.165) is 37.6 Å². The second-order valence-electron chi connectivity index (χ2n) is 10.6. The van der Waals surface area contributed by atoms with Crippen LogP contribution in [0.5, 0.6) is 0 Å². The standard InChI is InChI=1S/C29H29F3N8O3/c30-29(31,32)20-7-9-34-22(14-20)37-26(41)18-5-3-17(4-6-18)23-24-25(33)35-10-12-40(24)28(38-23)39-11-1-2-19(15-39)27(42)36-21-8-13-43-16-21/h3-7,9-10,12,14,19,21H,1-2,8,11,13,15-16H2,(H2,33,35)(H,36,42)(H,34,37,41)/t19?,21-/m0/s1. The highest BCUT2D eigenvalue weighted by molar-refractivity contribution is 6.04. The molecule has 0 spiro atoms. The van der Waals surface area contributed by atoms with Gasteiger partial charge in [-0.05, 0) is 43.5 Å². The first-order chi connectivity index (χ1) is 20.7. The average molecular weight is 595 g/mol. The number of halogens is 3.